The van der Waals surface area contributed by atoms with Crippen LogP contribution in [0.4, 0.5) is 0 Å². The lowest BCUT2D eigenvalue weighted by atomic mass is 9.87. The maximum atomic E-state index is 9.20. The summed E-state index contributed by atoms with van der Waals surface area (Å²) in [5.74, 6) is 1.68. The number of nitrogens with zero attached hydrogens (tertiary/aromatic N) is 1. The van der Waals surface area contributed by atoms with Crippen LogP contribution < -0.4 is 4.74 Å². The highest BCUT2D eigenvalue weighted by atomic mass is 32.2. The van der Waals surface area contributed by atoms with Crippen molar-refractivity contribution in [1.29, 1.82) is 0 Å². The van der Waals surface area contributed by atoms with E-state index < -0.39 is 0 Å². The van der Waals surface area contributed by atoms with E-state index in [1.165, 1.54) is 20.9 Å². The van der Waals surface area contributed by atoms with Crippen LogP contribution >= 0.6 is 23.1 Å². The van der Waals surface area contributed by atoms with Crippen molar-refractivity contribution in [3.8, 4) is 16.3 Å². The van der Waals surface area contributed by atoms with E-state index in [9.17, 15) is 5.11 Å². The molecule has 158 valence electrons. The largest absolute Gasteiger partial charge is 0.509 e. The fraction of sp³-hybridized carbons (Fsp3) is 0.320. The number of aromatic nitrogens is 1. The maximum Gasteiger partial charge on any atom is 0.144 e. The molecule has 1 aromatic heterocycles. The highest BCUT2D eigenvalue weighted by molar-refractivity contribution is 7.98. The fourth-order valence-electron chi connectivity index (χ4n) is 2.98. The van der Waals surface area contributed by atoms with Gasteiger partial charge in [-0.1, -0.05) is 51.6 Å². The van der Waals surface area contributed by atoms with Gasteiger partial charge in [0.25, 0.3) is 0 Å². The Balaban J connectivity index is 1.68. The molecule has 0 fully saturated rings. The second-order valence-electron chi connectivity index (χ2n) is 8.43. The van der Waals surface area contributed by atoms with Gasteiger partial charge in [-0.05, 0) is 48.6 Å². The summed E-state index contributed by atoms with van der Waals surface area (Å²) >= 11 is 3.57. The number of aliphatic hydroxyl groups excluding tert-OH is 1. The molecule has 0 spiro atoms. The number of hydrogen-bond donors (Lipinski definition) is 1. The molecule has 3 aromatic rings. The molecule has 0 saturated heterocycles. The summed E-state index contributed by atoms with van der Waals surface area (Å²) in [6.45, 7) is 14.4. The van der Waals surface area contributed by atoms with Crippen molar-refractivity contribution in [2.24, 2.45) is 0 Å². The van der Waals surface area contributed by atoms with Gasteiger partial charge >= 0.3 is 0 Å². The molecule has 0 radical (unpaired) electrons. The van der Waals surface area contributed by atoms with Crippen LogP contribution in [-0.4, -0.2) is 16.7 Å². The highest BCUT2D eigenvalue weighted by Crippen LogP contribution is 2.34. The summed E-state index contributed by atoms with van der Waals surface area (Å²) < 4.78 is 5.55. The van der Waals surface area contributed by atoms with Crippen LogP contribution in [-0.2, 0) is 11.2 Å². The first-order valence-electron chi connectivity index (χ1n) is 9.93. The lowest BCUT2D eigenvalue weighted by Crippen LogP contribution is -2.10. The van der Waals surface area contributed by atoms with E-state index in [2.05, 4.69) is 70.7 Å². The van der Waals surface area contributed by atoms with Gasteiger partial charge in [0, 0.05) is 21.1 Å². The Hall–Kier alpha value is -2.24. The number of benzene rings is 2. The summed E-state index contributed by atoms with van der Waals surface area (Å²) in [4.78, 5) is 7.29. The van der Waals surface area contributed by atoms with Crippen LogP contribution in [0, 0.1) is 13.8 Å². The van der Waals surface area contributed by atoms with E-state index in [0.717, 1.165) is 27.8 Å². The summed E-state index contributed by atoms with van der Waals surface area (Å²) in [5.41, 5.74) is 4.81. The van der Waals surface area contributed by atoms with Gasteiger partial charge in [0.15, 0.2) is 0 Å². The first-order chi connectivity index (χ1) is 14.1. The van der Waals surface area contributed by atoms with Gasteiger partial charge in [0.2, 0.25) is 0 Å². The second kappa shape index (κ2) is 9.27. The monoisotopic (exact) mass is 439 g/mol. The van der Waals surface area contributed by atoms with E-state index >= 15 is 0 Å². The van der Waals surface area contributed by atoms with Crippen molar-refractivity contribution < 1.29 is 9.84 Å². The first kappa shape index (κ1) is 22.4. The Morgan fingerprint density at radius 3 is 2.43 bits per heavy atom. The van der Waals surface area contributed by atoms with Crippen LogP contribution in [0.3, 0.4) is 0 Å². The van der Waals surface area contributed by atoms with Crippen molar-refractivity contribution in [2.75, 3.05) is 6.61 Å². The molecule has 0 amide bonds. The summed E-state index contributed by atoms with van der Waals surface area (Å²) in [6.07, 6.45) is 0. The third kappa shape index (κ3) is 5.67. The van der Waals surface area contributed by atoms with Crippen molar-refractivity contribution in [1.82, 2.24) is 4.98 Å². The first-order valence-corrected chi connectivity index (χ1v) is 11.7. The minimum absolute atomic E-state index is 0.0253. The predicted octanol–water partition coefficient (Wildman–Crippen LogP) is 7.47. The smallest absolute Gasteiger partial charge is 0.144 e. The SMILES string of the molecule is C=C(O)COc1ccc(SCc2sc(-c3ccc(C(C)(C)C)cc3)nc2C)cc1C. The average Bonchev–Trinajstić information content (AvgIpc) is 3.05. The minimum Gasteiger partial charge on any atom is -0.509 e. The molecule has 3 rings (SSSR count). The standard InChI is InChI=1S/C25H29NO2S2/c1-16-13-21(11-12-22(16)28-14-17(2)27)29-15-23-18(3)26-24(30-23)19-7-9-20(10-8-19)25(4,5)6/h7-13,27H,2,14-15H2,1,3-6H3. The highest BCUT2D eigenvalue weighted by Gasteiger charge is 2.15. The number of thioether (sulfide) groups is 1. The Morgan fingerprint density at radius 2 is 1.83 bits per heavy atom. The molecule has 2 aromatic carbocycles. The predicted molar refractivity (Wildman–Crippen MR) is 129 cm³/mol. The topological polar surface area (TPSA) is 42.4 Å². The van der Waals surface area contributed by atoms with Crippen molar-refractivity contribution in [3.63, 3.8) is 0 Å². The Labute approximate surface area is 187 Å². The van der Waals surface area contributed by atoms with Crippen LogP contribution in [0.25, 0.3) is 10.6 Å². The third-order valence-electron chi connectivity index (χ3n) is 4.80. The number of hydrogen-bond acceptors (Lipinski definition) is 5. The molecule has 5 heteroatoms. The molecule has 0 bridgehead atoms. The van der Waals surface area contributed by atoms with Gasteiger partial charge in [-0.3, -0.25) is 0 Å². The van der Waals surface area contributed by atoms with E-state index in [0.29, 0.717) is 0 Å². The Morgan fingerprint density at radius 1 is 1.13 bits per heavy atom. The summed E-state index contributed by atoms with van der Waals surface area (Å²) in [6, 6.07) is 14.9. The van der Waals surface area contributed by atoms with E-state index in [1.54, 1.807) is 23.1 Å². The van der Waals surface area contributed by atoms with Crippen LogP contribution in [0.15, 0.2) is 59.7 Å². The minimum atomic E-state index is 0.0253. The van der Waals surface area contributed by atoms with Crippen molar-refractivity contribution >= 4 is 23.1 Å². The van der Waals surface area contributed by atoms with Crippen molar-refractivity contribution in [3.05, 3.63) is 76.5 Å². The zero-order valence-electron chi connectivity index (χ0n) is 18.3. The number of rotatable bonds is 7. The van der Waals surface area contributed by atoms with Gasteiger partial charge in [-0.15, -0.1) is 23.1 Å². The van der Waals surface area contributed by atoms with Crippen molar-refractivity contribution in [2.45, 2.75) is 50.7 Å². The second-order valence-corrected chi connectivity index (χ2v) is 10.6. The van der Waals surface area contributed by atoms with Gasteiger partial charge in [0.05, 0.1) is 5.69 Å². The van der Waals surface area contributed by atoms with Crippen LogP contribution in [0.5, 0.6) is 5.75 Å². The molecular formula is C25H29NO2S2. The summed E-state index contributed by atoms with van der Waals surface area (Å²) in [5, 5.41) is 10.3. The van der Waals surface area contributed by atoms with Gasteiger partial charge in [-0.2, -0.15) is 0 Å². The van der Waals surface area contributed by atoms with Crippen LogP contribution in [0.2, 0.25) is 0 Å². The van der Waals surface area contributed by atoms with E-state index in [4.69, 9.17) is 9.72 Å². The Kier molecular flexibility index (Phi) is 6.94. The normalized spacial score (nSPS) is 11.5. The lowest BCUT2D eigenvalue weighted by Gasteiger charge is -2.18. The van der Waals surface area contributed by atoms with Gasteiger partial charge < -0.3 is 9.84 Å². The third-order valence-corrected chi connectivity index (χ3v) is 7.21. The number of aliphatic hydroxyl groups is 1. The molecule has 0 aliphatic rings. The Bertz CT molecular complexity index is 1030. The zero-order chi connectivity index (χ0) is 21.9. The molecule has 3 nitrogen and oxygen atoms in total. The molecule has 0 aliphatic carbocycles. The van der Waals surface area contributed by atoms with Crippen LogP contribution in [0.1, 0.15) is 42.5 Å². The zero-order valence-corrected chi connectivity index (χ0v) is 19.9. The van der Waals surface area contributed by atoms with Gasteiger partial charge in [0.1, 0.15) is 23.1 Å². The number of ether oxygens (including phenoxy) is 1. The lowest BCUT2D eigenvalue weighted by molar-refractivity contribution is 0.271. The molecule has 0 atom stereocenters. The molecule has 0 unspecified atom stereocenters. The number of thiazole rings is 1. The number of aryl methyl sites for hydroxylation is 2. The molecule has 1 N–H and O–H groups in total. The maximum absolute atomic E-state index is 9.20. The van der Waals surface area contributed by atoms with Gasteiger partial charge in [-0.25, -0.2) is 4.98 Å². The quantitative estimate of drug-likeness (QED) is 0.306. The summed E-state index contributed by atoms with van der Waals surface area (Å²) in [7, 11) is 0. The molecular weight excluding hydrogens is 410 g/mol. The average molecular weight is 440 g/mol. The molecule has 0 aliphatic heterocycles. The molecule has 0 saturated carbocycles. The van der Waals surface area contributed by atoms with E-state index in [-0.39, 0.29) is 17.8 Å². The fourth-order valence-corrected chi connectivity index (χ4v) is 5.19. The molecule has 30 heavy (non-hydrogen) atoms. The van der Waals surface area contributed by atoms with E-state index in [1.807, 2.05) is 13.0 Å². The molecule has 1 heterocycles.